The number of benzene rings is 1. The number of nitrogens with one attached hydrogen (secondary N) is 2. The van der Waals surface area contributed by atoms with E-state index in [2.05, 4.69) is 10.4 Å². The van der Waals surface area contributed by atoms with Crippen LogP contribution in [0.1, 0.15) is 12.0 Å². The van der Waals surface area contributed by atoms with Gasteiger partial charge in [-0.25, -0.2) is 4.68 Å². The normalized spacial score (nSPS) is 10.3. The Morgan fingerprint density at radius 2 is 1.86 bits per heavy atom. The lowest BCUT2D eigenvalue weighted by Gasteiger charge is -2.07. The molecule has 1 heterocycles. The Hall–Kier alpha value is -2.67. The van der Waals surface area contributed by atoms with Crippen LogP contribution in [0.15, 0.2) is 46.0 Å². The van der Waals surface area contributed by atoms with Crippen molar-refractivity contribution in [3.8, 4) is 0 Å². The second-order valence-electron chi connectivity index (χ2n) is 4.50. The van der Waals surface area contributed by atoms with Gasteiger partial charge in [0, 0.05) is 30.8 Å². The molecule has 0 aliphatic carbocycles. The molecule has 110 valence electrons. The number of aromatic nitrogens is 2. The molecule has 0 aliphatic heterocycles. The molecule has 0 unspecified atom stereocenters. The first-order valence-electron chi connectivity index (χ1n) is 6.47. The van der Waals surface area contributed by atoms with Gasteiger partial charge in [-0.15, -0.1) is 0 Å². The maximum absolute atomic E-state index is 11.8. The zero-order valence-electron chi connectivity index (χ0n) is 11.3. The van der Waals surface area contributed by atoms with E-state index >= 15 is 0 Å². The van der Waals surface area contributed by atoms with Crippen LogP contribution < -0.4 is 22.2 Å². The van der Waals surface area contributed by atoms with Gasteiger partial charge in [-0.05, 0) is 17.7 Å². The van der Waals surface area contributed by atoms with Gasteiger partial charge in [0.15, 0.2) is 0 Å². The van der Waals surface area contributed by atoms with E-state index in [0.717, 1.165) is 16.3 Å². The van der Waals surface area contributed by atoms with Gasteiger partial charge in [-0.1, -0.05) is 12.1 Å². The smallest absolute Gasteiger partial charge is 0.265 e. The second-order valence-corrected chi connectivity index (χ2v) is 4.50. The third-order valence-electron chi connectivity index (χ3n) is 2.92. The summed E-state index contributed by atoms with van der Waals surface area (Å²) in [4.78, 5) is 34.4. The summed E-state index contributed by atoms with van der Waals surface area (Å²) >= 11 is 0. The number of nitrogens with two attached hydrogens (primary N) is 1. The van der Waals surface area contributed by atoms with Gasteiger partial charge < -0.3 is 11.1 Å². The SMILES string of the molecule is NCc1ccc(NC(=O)CCn2[nH]c(=O)ccc2=O)cc1. The number of H-pyrrole nitrogens is 1. The Morgan fingerprint density at radius 3 is 2.52 bits per heavy atom. The first kappa shape index (κ1) is 14.7. The van der Waals surface area contributed by atoms with Crippen molar-refractivity contribution in [3.63, 3.8) is 0 Å². The molecule has 2 rings (SSSR count). The highest BCUT2D eigenvalue weighted by Gasteiger charge is 2.04. The molecule has 1 aromatic heterocycles. The summed E-state index contributed by atoms with van der Waals surface area (Å²) in [6.07, 6.45) is 0.0818. The van der Waals surface area contributed by atoms with Gasteiger partial charge in [0.2, 0.25) is 5.91 Å². The van der Waals surface area contributed by atoms with E-state index in [4.69, 9.17) is 5.73 Å². The maximum Gasteiger partial charge on any atom is 0.265 e. The van der Waals surface area contributed by atoms with Crippen LogP contribution in [0, 0.1) is 0 Å². The average Bonchev–Trinajstić information content (AvgIpc) is 2.49. The van der Waals surface area contributed by atoms with Crippen LogP contribution in [0.25, 0.3) is 0 Å². The molecule has 21 heavy (non-hydrogen) atoms. The molecule has 0 fully saturated rings. The quantitative estimate of drug-likeness (QED) is 0.720. The lowest BCUT2D eigenvalue weighted by atomic mass is 10.2. The van der Waals surface area contributed by atoms with E-state index in [1.807, 2.05) is 12.1 Å². The fraction of sp³-hybridized carbons (Fsp3) is 0.214. The molecular weight excluding hydrogens is 272 g/mol. The first-order chi connectivity index (χ1) is 10.1. The molecule has 0 saturated carbocycles. The van der Waals surface area contributed by atoms with Crippen LogP contribution >= 0.6 is 0 Å². The highest BCUT2D eigenvalue weighted by Crippen LogP contribution is 2.09. The standard InChI is InChI=1S/C14H16N4O3/c15-9-10-1-3-11(4-2-10)16-12(19)7-8-18-14(21)6-5-13(20)17-18/h1-6H,7-9,15H2,(H,16,19)(H,17,20). The number of amides is 1. The van der Waals surface area contributed by atoms with Gasteiger partial charge in [0.05, 0.1) is 6.54 Å². The summed E-state index contributed by atoms with van der Waals surface area (Å²) in [5.74, 6) is -0.243. The predicted molar refractivity (Wildman–Crippen MR) is 78.9 cm³/mol. The number of hydrogen-bond acceptors (Lipinski definition) is 4. The van der Waals surface area contributed by atoms with Gasteiger partial charge in [-0.2, -0.15) is 0 Å². The summed E-state index contributed by atoms with van der Waals surface area (Å²) in [7, 11) is 0. The van der Waals surface area contributed by atoms with Crippen LogP contribution in [0.4, 0.5) is 5.69 Å². The Balaban J connectivity index is 1.94. The number of nitrogens with zero attached hydrogens (tertiary/aromatic N) is 1. The Labute approximate surface area is 120 Å². The highest BCUT2D eigenvalue weighted by molar-refractivity contribution is 5.90. The van der Waals surface area contributed by atoms with Crippen molar-refractivity contribution in [1.82, 2.24) is 9.78 Å². The number of aryl methyl sites for hydroxylation is 1. The third-order valence-corrected chi connectivity index (χ3v) is 2.92. The van der Waals surface area contributed by atoms with Crippen molar-refractivity contribution in [3.05, 3.63) is 62.7 Å². The summed E-state index contributed by atoms with van der Waals surface area (Å²) < 4.78 is 1.11. The maximum atomic E-state index is 11.8. The number of carbonyl (C=O) groups is 1. The van der Waals surface area contributed by atoms with Gasteiger partial charge >= 0.3 is 0 Å². The largest absolute Gasteiger partial charge is 0.326 e. The van der Waals surface area contributed by atoms with Crippen LogP contribution in [0.2, 0.25) is 0 Å². The molecule has 0 bridgehead atoms. The minimum atomic E-state index is -0.382. The zero-order valence-corrected chi connectivity index (χ0v) is 11.3. The molecule has 1 aromatic carbocycles. The van der Waals surface area contributed by atoms with E-state index in [9.17, 15) is 14.4 Å². The van der Waals surface area contributed by atoms with Crippen molar-refractivity contribution in [1.29, 1.82) is 0 Å². The minimum Gasteiger partial charge on any atom is -0.326 e. The molecular formula is C14H16N4O3. The fourth-order valence-corrected chi connectivity index (χ4v) is 1.79. The number of rotatable bonds is 5. The Morgan fingerprint density at radius 1 is 1.14 bits per heavy atom. The average molecular weight is 288 g/mol. The van der Waals surface area contributed by atoms with E-state index in [1.54, 1.807) is 12.1 Å². The predicted octanol–water partition coefficient (Wildman–Crippen LogP) is 0.0241. The van der Waals surface area contributed by atoms with Crippen molar-refractivity contribution < 1.29 is 4.79 Å². The molecule has 0 radical (unpaired) electrons. The molecule has 7 nitrogen and oxygen atoms in total. The summed E-state index contributed by atoms with van der Waals surface area (Å²) in [6.45, 7) is 0.556. The summed E-state index contributed by atoms with van der Waals surface area (Å²) in [5, 5.41) is 5.07. The lowest BCUT2D eigenvalue weighted by molar-refractivity contribution is -0.116. The third kappa shape index (κ3) is 4.15. The van der Waals surface area contributed by atoms with Crippen LogP contribution in [0.5, 0.6) is 0 Å². The molecule has 0 saturated heterocycles. The number of carbonyl (C=O) groups excluding carboxylic acids is 1. The molecule has 0 aliphatic rings. The first-order valence-corrected chi connectivity index (χ1v) is 6.47. The number of anilines is 1. The zero-order chi connectivity index (χ0) is 15.2. The molecule has 0 spiro atoms. The molecule has 1 amide bonds. The van der Waals surface area contributed by atoms with Crippen LogP contribution in [-0.2, 0) is 17.9 Å². The minimum absolute atomic E-state index is 0.0818. The Bertz CT molecular complexity index is 731. The van der Waals surface area contributed by atoms with E-state index in [0.29, 0.717) is 12.2 Å². The topological polar surface area (TPSA) is 110 Å². The van der Waals surface area contributed by atoms with E-state index in [-0.39, 0.29) is 30.0 Å². The molecule has 2 aromatic rings. The molecule has 0 atom stereocenters. The highest BCUT2D eigenvalue weighted by atomic mass is 16.2. The number of aromatic amines is 1. The monoisotopic (exact) mass is 288 g/mol. The van der Waals surface area contributed by atoms with E-state index in [1.165, 1.54) is 6.07 Å². The second kappa shape index (κ2) is 6.67. The summed E-state index contributed by atoms with van der Waals surface area (Å²) in [5.41, 5.74) is 6.39. The van der Waals surface area contributed by atoms with Crippen LogP contribution in [-0.4, -0.2) is 15.7 Å². The molecule has 4 N–H and O–H groups in total. The van der Waals surface area contributed by atoms with Gasteiger partial charge in [0.25, 0.3) is 11.1 Å². The van der Waals surface area contributed by atoms with Crippen molar-refractivity contribution >= 4 is 11.6 Å². The van der Waals surface area contributed by atoms with Gasteiger partial charge in [-0.3, -0.25) is 19.5 Å². The Kier molecular flexibility index (Phi) is 4.68. The number of hydrogen-bond donors (Lipinski definition) is 3. The van der Waals surface area contributed by atoms with Crippen LogP contribution in [0.3, 0.4) is 0 Å². The van der Waals surface area contributed by atoms with Crippen molar-refractivity contribution in [2.45, 2.75) is 19.5 Å². The van der Waals surface area contributed by atoms with E-state index < -0.39 is 0 Å². The molecule has 7 heteroatoms. The lowest BCUT2D eigenvalue weighted by Crippen LogP contribution is -2.29. The van der Waals surface area contributed by atoms with Crippen molar-refractivity contribution in [2.75, 3.05) is 5.32 Å². The fourth-order valence-electron chi connectivity index (χ4n) is 1.79. The summed E-state index contributed by atoms with van der Waals surface area (Å²) in [6, 6.07) is 9.50. The van der Waals surface area contributed by atoms with Crippen molar-refractivity contribution in [2.24, 2.45) is 5.73 Å². The van der Waals surface area contributed by atoms with Gasteiger partial charge in [0.1, 0.15) is 0 Å².